The van der Waals surface area contributed by atoms with Gasteiger partial charge in [-0.15, -0.1) is 0 Å². The fourth-order valence-electron chi connectivity index (χ4n) is 2.91. The van der Waals surface area contributed by atoms with Crippen LogP contribution in [-0.2, 0) is 17.8 Å². The standard InChI is InChI=1S/C20H21NO3/c1-23-18-9-7-15(13-19(18)24-2)8-10-20(22)21-12-11-16-5-3-4-6-17(16)14-21/h3-10,13H,11-12,14H2,1-2H3. The van der Waals surface area contributed by atoms with Crippen LogP contribution in [0.1, 0.15) is 16.7 Å². The van der Waals surface area contributed by atoms with Gasteiger partial charge in [-0.05, 0) is 41.3 Å². The lowest BCUT2D eigenvalue weighted by atomic mass is 10.00. The minimum Gasteiger partial charge on any atom is -0.493 e. The van der Waals surface area contributed by atoms with Crippen LogP contribution in [0.25, 0.3) is 6.08 Å². The Kier molecular flexibility index (Phi) is 4.85. The van der Waals surface area contributed by atoms with E-state index in [9.17, 15) is 4.79 Å². The number of carbonyl (C=O) groups excluding carboxylic acids is 1. The first-order chi connectivity index (χ1) is 11.7. The summed E-state index contributed by atoms with van der Waals surface area (Å²) in [5.74, 6) is 1.35. The molecule has 4 heteroatoms. The highest BCUT2D eigenvalue weighted by Gasteiger charge is 2.18. The average Bonchev–Trinajstić information content (AvgIpc) is 2.65. The minimum atomic E-state index is 0.0271. The summed E-state index contributed by atoms with van der Waals surface area (Å²) in [4.78, 5) is 14.3. The number of fused-ring (bicyclic) bond motifs is 1. The molecule has 0 spiro atoms. The molecular formula is C20H21NO3. The third kappa shape index (κ3) is 3.43. The average molecular weight is 323 g/mol. The molecule has 0 saturated carbocycles. The van der Waals surface area contributed by atoms with Crippen molar-refractivity contribution in [3.05, 3.63) is 65.2 Å². The summed E-state index contributed by atoms with van der Waals surface area (Å²) in [5.41, 5.74) is 3.47. The van der Waals surface area contributed by atoms with Crippen molar-refractivity contribution >= 4 is 12.0 Å². The summed E-state index contributed by atoms with van der Waals surface area (Å²) in [6.45, 7) is 1.43. The molecule has 3 rings (SSSR count). The largest absolute Gasteiger partial charge is 0.493 e. The molecule has 0 aromatic heterocycles. The number of hydrogen-bond donors (Lipinski definition) is 0. The fourth-order valence-corrected chi connectivity index (χ4v) is 2.91. The molecule has 0 atom stereocenters. The third-order valence-electron chi connectivity index (χ3n) is 4.27. The molecule has 2 aromatic rings. The van der Waals surface area contributed by atoms with Gasteiger partial charge in [-0.25, -0.2) is 0 Å². The van der Waals surface area contributed by atoms with Gasteiger partial charge in [0.1, 0.15) is 0 Å². The number of nitrogens with zero attached hydrogens (tertiary/aromatic N) is 1. The van der Waals surface area contributed by atoms with Gasteiger partial charge in [-0.1, -0.05) is 30.3 Å². The van der Waals surface area contributed by atoms with E-state index in [1.807, 2.05) is 41.3 Å². The Morgan fingerprint density at radius 3 is 2.54 bits per heavy atom. The van der Waals surface area contributed by atoms with Crippen molar-refractivity contribution in [1.82, 2.24) is 4.90 Å². The van der Waals surface area contributed by atoms with Crippen molar-refractivity contribution in [3.8, 4) is 11.5 Å². The fraction of sp³-hybridized carbons (Fsp3) is 0.250. The molecule has 24 heavy (non-hydrogen) atoms. The van der Waals surface area contributed by atoms with Crippen LogP contribution in [0.3, 0.4) is 0 Å². The molecule has 0 radical (unpaired) electrons. The van der Waals surface area contributed by atoms with Gasteiger partial charge in [-0.2, -0.15) is 0 Å². The van der Waals surface area contributed by atoms with E-state index in [1.54, 1.807) is 20.3 Å². The number of ether oxygens (including phenoxy) is 2. The lowest BCUT2D eigenvalue weighted by Crippen LogP contribution is -2.34. The predicted molar refractivity (Wildman–Crippen MR) is 94.1 cm³/mol. The first kappa shape index (κ1) is 16.1. The van der Waals surface area contributed by atoms with Gasteiger partial charge < -0.3 is 14.4 Å². The summed E-state index contributed by atoms with van der Waals surface area (Å²) in [7, 11) is 3.20. The monoisotopic (exact) mass is 323 g/mol. The maximum atomic E-state index is 12.4. The SMILES string of the molecule is COc1ccc(C=CC(=O)N2CCc3ccccc3C2)cc1OC. The van der Waals surface area contributed by atoms with Gasteiger partial charge in [0.25, 0.3) is 0 Å². The number of methoxy groups -OCH3 is 2. The van der Waals surface area contributed by atoms with Crippen LogP contribution >= 0.6 is 0 Å². The number of rotatable bonds is 4. The number of carbonyl (C=O) groups is 1. The van der Waals surface area contributed by atoms with Crippen LogP contribution < -0.4 is 9.47 Å². The van der Waals surface area contributed by atoms with E-state index < -0.39 is 0 Å². The minimum absolute atomic E-state index is 0.0271. The first-order valence-electron chi connectivity index (χ1n) is 7.97. The third-order valence-corrected chi connectivity index (χ3v) is 4.27. The molecule has 0 saturated heterocycles. The number of benzene rings is 2. The quantitative estimate of drug-likeness (QED) is 0.810. The maximum absolute atomic E-state index is 12.4. The van der Waals surface area contributed by atoms with Crippen molar-refractivity contribution < 1.29 is 14.3 Å². The van der Waals surface area contributed by atoms with Gasteiger partial charge in [0.15, 0.2) is 11.5 Å². The second-order valence-corrected chi connectivity index (χ2v) is 5.73. The van der Waals surface area contributed by atoms with Crippen LogP contribution in [0, 0.1) is 0 Å². The molecule has 4 nitrogen and oxygen atoms in total. The molecule has 0 N–H and O–H groups in total. The van der Waals surface area contributed by atoms with Crippen molar-refractivity contribution in [2.24, 2.45) is 0 Å². The second-order valence-electron chi connectivity index (χ2n) is 5.73. The van der Waals surface area contributed by atoms with E-state index >= 15 is 0 Å². The van der Waals surface area contributed by atoms with Crippen LogP contribution in [0.15, 0.2) is 48.5 Å². The number of hydrogen-bond acceptors (Lipinski definition) is 3. The lowest BCUT2D eigenvalue weighted by molar-refractivity contribution is -0.126. The molecule has 0 unspecified atom stereocenters. The second kappa shape index (κ2) is 7.21. The molecule has 1 aliphatic heterocycles. The van der Waals surface area contributed by atoms with E-state index in [2.05, 4.69) is 12.1 Å². The Labute approximate surface area is 142 Å². The molecule has 0 aliphatic carbocycles. The van der Waals surface area contributed by atoms with E-state index in [1.165, 1.54) is 11.1 Å². The molecule has 124 valence electrons. The Hall–Kier alpha value is -2.75. The summed E-state index contributed by atoms with van der Waals surface area (Å²) in [6, 6.07) is 13.9. The van der Waals surface area contributed by atoms with E-state index in [0.29, 0.717) is 18.0 Å². The number of amides is 1. The molecule has 1 aliphatic rings. The first-order valence-corrected chi connectivity index (χ1v) is 7.97. The van der Waals surface area contributed by atoms with Crippen molar-refractivity contribution in [3.63, 3.8) is 0 Å². The highest BCUT2D eigenvalue weighted by atomic mass is 16.5. The van der Waals surface area contributed by atoms with E-state index in [-0.39, 0.29) is 5.91 Å². The Bertz CT molecular complexity index is 767. The Morgan fingerprint density at radius 1 is 1.04 bits per heavy atom. The van der Waals surface area contributed by atoms with Crippen molar-refractivity contribution in [1.29, 1.82) is 0 Å². The van der Waals surface area contributed by atoms with Gasteiger partial charge in [0.2, 0.25) is 5.91 Å². The summed E-state index contributed by atoms with van der Waals surface area (Å²) in [6.07, 6.45) is 4.34. The highest BCUT2D eigenvalue weighted by Crippen LogP contribution is 2.28. The summed E-state index contributed by atoms with van der Waals surface area (Å²) < 4.78 is 10.5. The van der Waals surface area contributed by atoms with E-state index in [0.717, 1.165) is 18.5 Å². The highest BCUT2D eigenvalue weighted by molar-refractivity contribution is 5.92. The molecule has 0 fully saturated rings. The van der Waals surface area contributed by atoms with Crippen LogP contribution in [0.5, 0.6) is 11.5 Å². The molecular weight excluding hydrogens is 302 g/mol. The van der Waals surface area contributed by atoms with Crippen LogP contribution in [-0.4, -0.2) is 31.6 Å². The maximum Gasteiger partial charge on any atom is 0.246 e. The molecule has 1 heterocycles. The predicted octanol–water partition coefficient (Wildman–Crippen LogP) is 3.30. The smallest absolute Gasteiger partial charge is 0.246 e. The Morgan fingerprint density at radius 2 is 1.79 bits per heavy atom. The topological polar surface area (TPSA) is 38.8 Å². The van der Waals surface area contributed by atoms with Gasteiger partial charge in [0, 0.05) is 19.2 Å². The van der Waals surface area contributed by atoms with Crippen molar-refractivity contribution in [2.45, 2.75) is 13.0 Å². The van der Waals surface area contributed by atoms with E-state index in [4.69, 9.17) is 9.47 Å². The van der Waals surface area contributed by atoms with Crippen LogP contribution in [0.4, 0.5) is 0 Å². The zero-order chi connectivity index (χ0) is 16.9. The summed E-state index contributed by atoms with van der Waals surface area (Å²) >= 11 is 0. The van der Waals surface area contributed by atoms with Crippen LogP contribution in [0.2, 0.25) is 0 Å². The van der Waals surface area contributed by atoms with Gasteiger partial charge in [0.05, 0.1) is 14.2 Å². The van der Waals surface area contributed by atoms with Gasteiger partial charge >= 0.3 is 0 Å². The Balaban J connectivity index is 1.70. The zero-order valence-electron chi connectivity index (χ0n) is 14.0. The normalized spacial score (nSPS) is 13.7. The summed E-state index contributed by atoms with van der Waals surface area (Å²) in [5, 5.41) is 0. The molecule has 2 aromatic carbocycles. The van der Waals surface area contributed by atoms with Crippen molar-refractivity contribution in [2.75, 3.05) is 20.8 Å². The van der Waals surface area contributed by atoms with Gasteiger partial charge in [-0.3, -0.25) is 4.79 Å². The molecule has 1 amide bonds. The zero-order valence-corrected chi connectivity index (χ0v) is 14.0. The molecule has 0 bridgehead atoms. The lowest BCUT2D eigenvalue weighted by Gasteiger charge is -2.27.